The van der Waals surface area contributed by atoms with Crippen LogP contribution in [-0.4, -0.2) is 15.7 Å². The number of hydrogen-bond acceptors (Lipinski definition) is 4. The predicted molar refractivity (Wildman–Crippen MR) is 55.4 cm³/mol. The summed E-state index contributed by atoms with van der Waals surface area (Å²) in [6.07, 6.45) is 0. The smallest absolute Gasteiger partial charge is 0.388 e. The van der Waals surface area contributed by atoms with E-state index in [4.69, 9.17) is 10.2 Å². The highest BCUT2D eigenvalue weighted by Gasteiger charge is 2.11. The molecule has 0 bridgehead atoms. The van der Waals surface area contributed by atoms with E-state index in [0.717, 1.165) is 4.68 Å². The average Bonchev–Trinajstić information content (AvgIpc) is 2.60. The van der Waals surface area contributed by atoms with Crippen molar-refractivity contribution in [1.29, 1.82) is 0 Å². The van der Waals surface area contributed by atoms with E-state index >= 15 is 0 Å². The van der Waals surface area contributed by atoms with Crippen LogP contribution in [0.1, 0.15) is 0 Å². The third-order valence-corrected chi connectivity index (χ3v) is 2.00. The number of aromatic nitrogens is 2. The summed E-state index contributed by atoms with van der Waals surface area (Å²) in [4.78, 5) is 21.9. The second kappa shape index (κ2) is 4.20. The molecule has 1 aromatic carbocycles. The molecule has 0 fully saturated rings. The van der Waals surface area contributed by atoms with E-state index in [2.05, 4.69) is 5.10 Å². The van der Waals surface area contributed by atoms with Crippen molar-refractivity contribution in [3.8, 4) is 11.5 Å². The second-order valence-corrected chi connectivity index (χ2v) is 3.30. The minimum absolute atomic E-state index is 0.0104. The van der Waals surface area contributed by atoms with Gasteiger partial charge in [-0.3, -0.25) is 4.79 Å². The summed E-state index contributed by atoms with van der Waals surface area (Å²) in [5, 5.41) is 3.76. The Bertz CT molecular complexity index is 600. The minimum Gasteiger partial charge on any atom is -0.388 e. The molecule has 88 valence electrons. The standard InChI is InChI=1S/C10H8FN3O3/c11-7-3-1-6(2-4-7)9-13-14(5-8(12)15)10(16)17-9/h1-4H,5H2,(H2,12,15). The van der Waals surface area contributed by atoms with Crippen LogP contribution >= 0.6 is 0 Å². The Balaban J connectivity index is 2.37. The van der Waals surface area contributed by atoms with Crippen LogP contribution in [0.2, 0.25) is 0 Å². The van der Waals surface area contributed by atoms with Gasteiger partial charge in [0.2, 0.25) is 11.8 Å². The topological polar surface area (TPSA) is 91.1 Å². The molecule has 1 heterocycles. The fourth-order valence-electron chi connectivity index (χ4n) is 1.26. The normalized spacial score (nSPS) is 10.4. The molecule has 0 radical (unpaired) electrons. The van der Waals surface area contributed by atoms with E-state index in [1.807, 2.05) is 0 Å². The first kappa shape index (κ1) is 11.1. The lowest BCUT2D eigenvalue weighted by molar-refractivity contribution is -0.118. The summed E-state index contributed by atoms with van der Waals surface area (Å²) in [6.45, 7) is -0.358. The van der Waals surface area contributed by atoms with Crippen molar-refractivity contribution in [2.24, 2.45) is 5.73 Å². The van der Waals surface area contributed by atoms with Gasteiger partial charge in [-0.15, -0.1) is 5.10 Å². The zero-order valence-electron chi connectivity index (χ0n) is 8.59. The largest absolute Gasteiger partial charge is 0.437 e. The lowest BCUT2D eigenvalue weighted by atomic mass is 10.2. The fraction of sp³-hybridized carbons (Fsp3) is 0.100. The maximum Gasteiger partial charge on any atom is 0.437 e. The first-order valence-corrected chi connectivity index (χ1v) is 4.68. The van der Waals surface area contributed by atoms with Gasteiger partial charge in [-0.2, -0.15) is 4.68 Å². The third-order valence-electron chi connectivity index (χ3n) is 2.00. The molecule has 0 saturated carbocycles. The van der Waals surface area contributed by atoms with Gasteiger partial charge in [-0.1, -0.05) is 0 Å². The van der Waals surface area contributed by atoms with Gasteiger partial charge in [0.1, 0.15) is 12.4 Å². The first-order chi connectivity index (χ1) is 8.06. The van der Waals surface area contributed by atoms with Crippen LogP contribution in [0, 0.1) is 5.82 Å². The van der Waals surface area contributed by atoms with Crippen molar-refractivity contribution >= 4 is 5.91 Å². The van der Waals surface area contributed by atoms with Gasteiger partial charge in [0, 0.05) is 5.56 Å². The summed E-state index contributed by atoms with van der Waals surface area (Å²) in [5.74, 6) is -1.89. The van der Waals surface area contributed by atoms with Crippen molar-refractivity contribution in [3.05, 3.63) is 40.6 Å². The van der Waals surface area contributed by atoms with Crippen LogP contribution in [0.4, 0.5) is 4.39 Å². The zero-order valence-corrected chi connectivity index (χ0v) is 8.59. The molecular weight excluding hydrogens is 229 g/mol. The Kier molecular flexibility index (Phi) is 2.73. The molecule has 0 aliphatic heterocycles. The van der Waals surface area contributed by atoms with Gasteiger partial charge >= 0.3 is 5.76 Å². The SMILES string of the molecule is NC(=O)Cn1nc(-c2ccc(F)cc2)oc1=O. The molecule has 0 spiro atoms. The van der Waals surface area contributed by atoms with Crippen molar-refractivity contribution in [2.45, 2.75) is 6.54 Å². The lowest BCUT2D eigenvalue weighted by Gasteiger charge is -1.93. The van der Waals surface area contributed by atoms with Crippen molar-refractivity contribution in [3.63, 3.8) is 0 Å². The summed E-state index contributed by atoms with van der Waals surface area (Å²) in [6, 6.07) is 5.25. The molecule has 17 heavy (non-hydrogen) atoms. The maximum absolute atomic E-state index is 12.7. The average molecular weight is 237 g/mol. The molecule has 2 N–H and O–H groups in total. The number of carbonyl (C=O) groups excluding carboxylic acids is 1. The Morgan fingerprint density at radius 1 is 1.41 bits per heavy atom. The van der Waals surface area contributed by atoms with Crippen LogP contribution in [0.15, 0.2) is 33.5 Å². The molecule has 0 unspecified atom stereocenters. The third kappa shape index (κ3) is 2.39. The van der Waals surface area contributed by atoms with E-state index < -0.39 is 17.5 Å². The maximum atomic E-state index is 12.7. The summed E-state index contributed by atoms with van der Waals surface area (Å²) >= 11 is 0. The van der Waals surface area contributed by atoms with Crippen LogP contribution in [0.5, 0.6) is 0 Å². The molecular formula is C10H8FN3O3. The predicted octanol–water partition coefficient (Wildman–Crippen LogP) is 0.128. The summed E-state index contributed by atoms with van der Waals surface area (Å²) in [5.41, 5.74) is 5.37. The summed E-state index contributed by atoms with van der Waals surface area (Å²) < 4.78 is 18.3. The Hall–Kier alpha value is -2.44. The van der Waals surface area contributed by atoms with E-state index in [1.165, 1.54) is 24.3 Å². The number of nitrogens with two attached hydrogens (primary N) is 1. The minimum atomic E-state index is -0.789. The van der Waals surface area contributed by atoms with Crippen molar-refractivity contribution in [2.75, 3.05) is 0 Å². The quantitative estimate of drug-likeness (QED) is 0.821. The molecule has 0 saturated heterocycles. The van der Waals surface area contributed by atoms with Gasteiger partial charge in [-0.25, -0.2) is 9.18 Å². The van der Waals surface area contributed by atoms with Gasteiger partial charge in [0.15, 0.2) is 0 Å². The van der Waals surface area contributed by atoms with Crippen LogP contribution in [0.25, 0.3) is 11.5 Å². The number of hydrogen-bond donors (Lipinski definition) is 1. The first-order valence-electron chi connectivity index (χ1n) is 4.68. The van der Waals surface area contributed by atoms with Crippen molar-refractivity contribution in [1.82, 2.24) is 9.78 Å². The molecule has 0 aliphatic rings. The number of carbonyl (C=O) groups is 1. The number of rotatable bonds is 3. The second-order valence-electron chi connectivity index (χ2n) is 3.30. The lowest BCUT2D eigenvalue weighted by Crippen LogP contribution is -2.26. The zero-order chi connectivity index (χ0) is 12.4. The highest BCUT2D eigenvalue weighted by molar-refractivity contribution is 5.73. The van der Waals surface area contributed by atoms with Gasteiger partial charge in [0.25, 0.3) is 0 Å². The molecule has 0 atom stereocenters. The fourth-order valence-corrected chi connectivity index (χ4v) is 1.26. The monoisotopic (exact) mass is 237 g/mol. The van der Waals surface area contributed by atoms with Gasteiger partial charge in [0.05, 0.1) is 0 Å². The Morgan fingerprint density at radius 2 is 2.06 bits per heavy atom. The highest BCUT2D eigenvalue weighted by Crippen LogP contribution is 2.15. The van der Waals surface area contributed by atoms with Gasteiger partial charge < -0.3 is 10.2 Å². The number of benzene rings is 1. The molecule has 1 amide bonds. The molecule has 0 aliphatic carbocycles. The molecule has 1 aromatic heterocycles. The number of halogens is 1. The number of nitrogens with zero attached hydrogens (tertiary/aromatic N) is 2. The van der Waals surface area contributed by atoms with Crippen molar-refractivity contribution < 1.29 is 13.6 Å². The van der Waals surface area contributed by atoms with Gasteiger partial charge in [-0.05, 0) is 24.3 Å². The van der Waals surface area contributed by atoms with E-state index in [1.54, 1.807) is 0 Å². The van der Waals surface area contributed by atoms with E-state index in [-0.39, 0.29) is 12.4 Å². The Labute approximate surface area is 94.5 Å². The van der Waals surface area contributed by atoms with Crippen LogP contribution in [0.3, 0.4) is 0 Å². The highest BCUT2D eigenvalue weighted by atomic mass is 19.1. The Morgan fingerprint density at radius 3 is 2.65 bits per heavy atom. The van der Waals surface area contributed by atoms with E-state index in [9.17, 15) is 14.0 Å². The molecule has 7 heteroatoms. The number of amides is 1. The van der Waals surface area contributed by atoms with Crippen LogP contribution in [-0.2, 0) is 11.3 Å². The molecule has 6 nitrogen and oxygen atoms in total. The molecule has 2 aromatic rings. The summed E-state index contributed by atoms with van der Waals surface area (Å²) in [7, 11) is 0. The van der Waals surface area contributed by atoms with E-state index in [0.29, 0.717) is 5.56 Å². The molecule has 2 rings (SSSR count). The van der Waals surface area contributed by atoms with Crippen LogP contribution < -0.4 is 11.5 Å². The number of primary amides is 1.